The average molecular weight is 341 g/mol. The molecule has 4 aromatic rings. The Labute approximate surface area is 138 Å². The SMILES string of the molecule is CS(=O)(=O)NCc1nc2ccc(-c3c[nH]c4ccccc34)cc2o1. The van der Waals surface area contributed by atoms with Gasteiger partial charge in [0.15, 0.2) is 5.58 Å². The summed E-state index contributed by atoms with van der Waals surface area (Å²) in [5, 5.41) is 1.13. The molecular formula is C17H15N3O3S. The van der Waals surface area contributed by atoms with Crippen LogP contribution in [0.4, 0.5) is 0 Å². The third-order valence-electron chi connectivity index (χ3n) is 3.82. The van der Waals surface area contributed by atoms with Crippen LogP contribution in [0.5, 0.6) is 0 Å². The molecule has 0 fully saturated rings. The first-order valence-electron chi connectivity index (χ1n) is 7.40. The molecule has 2 heterocycles. The summed E-state index contributed by atoms with van der Waals surface area (Å²) in [6.07, 6.45) is 3.07. The van der Waals surface area contributed by atoms with E-state index >= 15 is 0 Å². The van der Waals surface area contributed by atoms with Crippen LogP contribution in [0.25, 0.3) is 33.1 Å². The van der Waals surface area contributed by atoms with Crippen molar-refractivity contribution in [1.29, 1.82) is 0 Å². The Balaban J connectivity index is 1.73. The third-order valence-corrected chi connectivity index (χ3v) is 4.49. The highest BCUT2D eigenvalue weighted by molar-refractivity contribution is 7.88. The Morgan fingerprint density at radius 1 is 1.21 bits per heavy atom. The van der Waals surface area contributed by atoms with E-state index in [0.29, 0.717) is 17.0 Å². The fourth-order valence-corrected chi connectivity index (χ4v) is 3.10. The number of fused-ring (bicyclic) bond motifs is 2. The molecule has 4 rings (SSSR count). The minimum Gasteiger partial charge on any atom is -0.439 e. The van der Waals surface area contributed by atoms with E-state index in [1.807, 2.05) is 42.6 Å². The van der Waals surface area contributed by atoms with Crippen LogP contribution >= 0.6 is 0 Å². The van der Waals surface area contributed by atoms with Gasteiger partial charge in [-0.2, -0.15) is 0 Å². The molecule has 122 valence electrons. The summed E-state index contributed by atoms with van der Waals surface area (Å²) in [5.74, 6) is 0.339. The molecule has 2 aromatic carbocycles. The van der Waals surface area contributed by atoms with Gasteiger partial charge in [-0.1, -0.05) is 24.3 Å². The first-order valence-corrected chi connectivity index (χ1v) is 9.29. The Kier molecular flexibility index (Phi) is 3.40. The number of aromatic nitrogens is 2. The summed E-state index contributed by atoms with van der Waals surface area (Å²) in [5.41, 5.74) is 4.49. The maximum Gasteiger partial charge on any atom is 0.210 e. The molecule has 0 saturated carbocycles. The van der Waals surface area contributed by atoms with E-state index in [9.17, 15) is 8.42 Å². The van der Waals surface area contributed by atoms with Crippen molar-refractivity contribution in [3.8, 4) is 11.1 Å². The summed E-state index contributed by atoms with van der Waals surface area (Å²) >= 11 is 0. The van der Waals surface area contributed by atoms with Gasteiger partial charge >= 0.3 is 0 Å². The Hall–Kier alpha value is -2.64. The first kappa shape index (κ1) is 14.9. The molecule has 0 amide bonds. The molecule has 0 radical (unpaired) electrons. The van der Waals surface area contributed by atoms with Crippen molar-refractivity contribution in [1.82, 2.24) is 14.7 Å². The third kappa shape index (κ3) is 2.79. The number of aromatic amines is 1. The van der Waals surface area contributed by atoms with Gasteiger partial charge in [0.2, 0.25) is 15.9 Å². The van der Waals surface area contributed by atoms with Crippen LogP contribution in [0.15, 0.2) is 53.1 Å². The molecule has 2 aromatic heterocycles. The van der Waals surface area contributed by atoms with Gasteiger partial charge in [0.1, 0.15) is 5.52 Å². The molecule has 0 atom stereocenters. The predicted octanol–water partition coefficient (Wildman–Crippen LogP) is 3.03. The monoisotopic (exact) mass is 341 g/mol. The van der Waals surface area contributed by atoms with Gasteiger partial charge in [0, 0.05) is 22.7 Å². The molecule has 0 aliphatic rings. The molecule has 0 spiro atoms. The second kappa shape index (κ2) is 5.47. The highest BCUT2D eigenvalue weighted by Gasteiger charge is 2.11. The minimum atomic E-state index is -3.28. The second-order valence-electron chi connectivity index (χ2n) is 5.63. The van der Waals surface area contributed by atoms with E-state index in [1.54, 1.807) is 0 Å². The maximum atomic E-state index is 11.2. The van der Waals surface area contributed by atoms with E-state index in [2.05, 4.69) is 20.8 Å². The lowest BCUT2D eigenvalue weighted by molar-refractivity contribution is 0.515. The van der Waals surface area contributed by atoms with Gasteiger partial charge in [0.25, 0.3) is 0 Å². The van der Waals surface area contributed by atoms with Crippen molar-refractivity contribution in [2.75, 3.05) is 6.26 Å². The zero-order chi connectivity index (χ0) is 16.7. The largest absolute Gasteiger partial charge is 0.439 e. The van der Waals surface area contributed by atoms with Crippen LogP contribution < -0.4 is 4.72 Å². The summed E-state index contributed by atoms with van der Waals surface area (Å²) in [7, 11) is -3.28. The fraction of sp³-hybridized carbons (Fsp3) is 0.118. The number of para-hydroxylation sites is 1. The minimum absolute atomic E-state index is 0.0376. The number of sulfonamides is 1. The van der Waals surface area contributed by atoms with Crippen LogP contribution in [0.3, 0.4) is 0 Å². The smallest absolute Gasteiger partial charge is 0.210 e. The molecular weight excluding hydrogens is 326 g/mol. The molecule has 0 bridgehead atoms. The van der Waals surface area contributed by atoms with E-state index in [-0.39, 0.29) is 6.54 Å². The predicted molar refractivity (Wildman–Crippen MR) is 93.0 cm³/mol. The second-order valence-corrected chi connectivity index (χ2v) is 7.46. The van der Waals surface area contributed by atoms with Crippen LogP contribution in [0.2, 0.25) is 0 Å². The number of nitrogens with zero attached hydrogens (tertiary/aromatic N) is 1. The number of benzene rings is 2. The quantitative estimate of drug-likeness (QED) is 0.597. The summed E-state index contributed by atoms with van der Waals surface area (Å²) in [6.45, 7) is 0.0376. The summed E-state index contributed by atoms with van der Waals surface area (Å²) < 4.78 is 30.4. The summed E-state index contributed by atoms with van der Waals surface area (Å²) in [6, 6.07) is 13.9. The highest BCUT2D eigenvalue weighted by Crippen LogP contribution is 2.30. The molecule has 6 nitrogen and oxygen atoms in total. The van der Waals surface area contributed by atoms with Gasteiger partial charge in [-0.25, -0.2) is 18.1 Å². The number of H-pyrrole nitrogens is 1. The fourth-order valence-electron chi connectivity index (χ4n) is 2.72. The van der Waals surface area contributed by atoms with E-state index in [0.717, 1.165) is 28.3 Å². The van der Waals surface area contributed by atoms with Gasteiger partial charge in [-0.15, -0.1) is 0 Å². The first-order chi connectivity index (χ1) is 11.5. The Morgan fingerprint density at radius 3 is 2.88 bits per heavy atom. The van der Waals surface area contributed by atoms with Crippen molar-refractivity contribution >= 4 is 32.0 Å². The lowest BCUT2D eigenvalue weighted by Gasteiger charge is -1.99. The van der Waals surface area contributed by atoms with Crippen molar-refractivity contribution < 1.29 is 12.8 Å². The average Bonchev–Trinajstić information content (AvgIpc) is 3.15. The van der Waals surface area contributed by atoms with E-state index < -0.39 is 10.0 Å². The van der Waals surface area contributed by atoms with Gasteiger partial charge < -0.3 is 9.40 Å². The molecule has 7 heteroatoms. The number of hydrogen-bond acceptors (Lipinski definition) is 4. The van der Waals surface area contributed by atoms with Crippen molar-refractivity contribution in [2.24, 2.45) is 0 Å². The Bertz CT molecular complexity index is 1140. The molecule has 0 unspecified atom stereocenters. The molecule has 0 aliphatic carbocycles. The molecule has 0 saturated heterocycles. The van der Waals surface area contributed by atoms with Gasteiger partial charge in [-0.05, 0) is 23.8 Å². The zero-order valence-corrected chi connectivity index (χ0v) is 13.7. The maximum absolute atomic E-state index is 11.2. The van der Waals surface area contributed by atoms with Crippen LogP contribution in [-0.2, 0) is 16.6 Å². The van der Waals surface area contributed by atoms with Gasteiger partial charge in [-0.3, -0.25) is 0 Å². The molecule has 24 heavy (non-hydrogen) atoms. The number of oxazole rings is 1. The van der Waals surface area contributed by atoms with Crippen LogP contribution in [-0.4, -0.2) is 24.6 Å². The highest BCUT2D eigenvalue weighted by atomic mass is 32.2. The van der Waals surface area contributed by atoms with Crippen molar-refractivity contribution in [3.05, 3.63) is 54.6 Å². The lowest BCUT2D eigenvalue weighted by atomic mass is 10.0. The topological polar surface area (TPSA) is 88.0 Å². The lowest BCUT2D eigenvalue weighted by Crippen LogP contribution is -2.21. The van der Waals surface area contributed by atoms with E-state index in [1.165, 1.54) is 0 Å². The van der Waals surface area contributed by atoms with E-state index in [4.69, 9.17) is 4.42 Å². The summed E-state index contributed by atoms with van der Waals surface area (Å²) in [4.78, 5) is 7.55. The van der Waals surface area contributed by atoms with Crippen molar-refractivity contribution in [3.63, 3.8) is 0 Å². The number of rotatable bonds is 4. The molecule has 2 N–H and O–H groups in total. The normalized spacial score (nSPS) is 12.2. The van der Waals surface area contributed by atoms with Crippen LogP contribution in [0.1, 0.15) is 5.89 Å². The number of nitrogens with one attached hydrogen (secondary N) is 2. The molecule has 0 aliphatic heterocycles. The Morgan fingerprint density at radius 2 is 2.04 bits per heavy atom. The zero-order valence-electron chi connectivity index (χ0n) is 12.9. The number of hydrogen-bond donors (Lipinski definition) is 2. The van der Waals surface area contributed by atoms with Crippen molar-refractivity contribution in [2.45, 2.75) is 6.54 Å². The van der Waals surface area contributed by atoms with Gasteiger partial charge in [0.05, 0.1) is 12.8 Å². The standard InChI is InChI=1S/C17H15N3O3S/c1-24(21,22)19-10-17-20-15-7-6-11(8-16(15)23-17)13-9-18-14-5-3-2-4-12(13)14/h2-9,18-19H,10H2,1H3. The van der Waals surface area contributed by atoms with Crippen LogP contribution in [0, 0.1) is 0 Å².